The minimum atomic E-state index is -0.149. The molecule has 1 saturated heterocycles. The first-order chi connectivity index (χ1) is 7.27. The summed E-state index contributed by atoms with van der Waals surface area (Å²) in [5.74, 6) is -0.149. The Morgan fingerprint density at radius 3 is 2.27 bits per heavy atom. The van der Waals surface area contributed by atoms with E-state index in [1.165, 1.54) is 18.4 Å². The summed E-state index contributed by atoms with van der Waals surface area (Å²) in [6.45, 7) is 5.15. The fraction of sp³-hybridized carbons (Fsp3) is 0.538. The maximum Gasteiger partial charge on any atom is 0.123 e. The Labute approximate surface area is 91.9 Å². The van der Waals surface area contributed by atoms with E-state index in [2.05, 4.69) is 11.9 Å². The van der Waals surface area contributed by atoms with Crippen LogP contribution in [0.2, 0.25) is 0 Å². The van der Waals surface area contributed by atoms with Gasteiger partial charge < -0.3 is 0 Å². The van der Waals surface area contributed by atoms with E-state index in [0.717, 1.165) is 6.54 Å². The Morgan fingerprint density at radius 2 is 1.80 bits per heavy atom. The van der Waals surface area contributed by atoms with Gasteiger partial charge in [0.05, 0.1) is 0 Å². The smallest absolute Gasteiger partial charge is 0.123 e. The Balaban J connectivity index is 0.000000531. The third-order valence-corrected chi connectivity index (χ3v) is 2.78. The average Bonchev–Trinajstić information content (AvgIpc) is 2.69. The van der Waals surface area contributed by atoms with Gasteiger partial charge in [0.2, 0.25) is 0 Å². The zero-order valence-electron chi connectivity index (χ0n) is 9.83. The molecule has 0 bridgehead atoms. The molecule has 1 aliphatic heterocycles. The third-order valence-electron chi connectivity index (χ3n) is 2.78. The van der Waals surface area contributed by atoms with Gasteiger partial charge in [0.25, 0.3) is 0 Å². The van der Waals surface area contributed by atoms with Gasteiger partial charge in [0, 0.05) is 6.04 Å². The molecule has 1 aromatic rings. The monoisotopic (exact) mass is 209 g/mol. The summed E-state index contributed by atoms with van der Waals surface area (Å²) in [5.41, 5.74) is 1.24. The van der Waals surface area contributed by atoms with Crippen LogP contribution < -0.4 is 0 Å². The van der Waals surface area contributed by atoms with Gasteiger partial charge in [0.15, 0.2) is 0 Å². The van der Waals surface area contributed by atoms with Crippen LogP contribution >= 0.6 is 0 Å². The predicted molar refractivity (Wildman–Crippen MR) is 62.4 cm³/mol. The maximum atomic E-state index is 12.7. The highest BCUT2D eigenvalue weighted by Gasteiger charge is 2.21. The van der Waals surface area contributed by atoms with E-state index in [1.807, 2.05) is 26.0 Å². The lowest BCUT2D eigenvalue weighted by atomic mass is 10.1. The van der Waals surface area contributed by atoms with Gasteiger partial charge in [-0.15, -0.1) is 0 Å². The Hall–Kier alpha value is -0.890. The average molecular weight is 209 g/mol. The second-order valence-electron chi connectivity index (χ2n) is 3.69. The van der Waals surface area contributed by atoms with Crippen LogP contribution in [0.25, 0.3) is 0 Å². The molecule has 0 spiro atoms. The van der Waals surface area contributed by atoms with Crippen molar-refractivity contribution in [3.05, 3.63) is 35.6 Å². The van der Waals surface area contributed by atoms with Gasteiger partial charge in [-0.3, -0.25) is 4.90 Å². The lowest BCUT2D eigenvalue weighted by Gasteiger charge is -2.19. The molecule has 15 heavy (non-hydrogen) atoms. The second kappa shape index (κ2) is 5.86. The molecule has 2 heteroatoms. The van der Waals surface area contributed by atoms with Crippen molar-refractivity contribution in [2.75, 3.05) is 13.6 Å². The molecule has 0 radical (unpaired) electrons. The van der Waals surface area contributed by atoms with Gasteiger partial charge >= 0.3 is 0 Å². The van der Waals surface area contributed by atoms with Crippen molar-refractivity contribution in [1.29, 1.82) is 0 Å². The molecule has 1 aliphatic rings. The maximum absolute atomic E-state index is 12.7. The molecule has 1 atom stereocenters. The number of hydrogen-bond acceptors (Lipinski definition) is 1. The summed E-state index contributed by atoms with van der Waals surface area (Å²) in [6.07, 6.45) is 2.45. The molecule has 0 amide bonds. The summed E-state index contributed by atoms with van der Waals surface area (Å²) in [4.78, 5) is 2.33. The van der Waals surface area contributed by atoms with E-state index in [9.17, 15) is 4.39 Å². The largest absolute Gasteiger partial charge is 0.299 e. The minimum absolute atomic E-state index is 0.149. The third kappa shape index (κ3) is 3.03. The van der Waals surface area contributed by atoms with E-state index in [-0.39, 0.29) is 5.82 Å². The molecule has 0 N–H and O–H groups in total. The molecule has 84 valence electrons. The first-order valence-corrected chi connectivity index (χ1v) is 5.73. The SMILES string of the molecule is CC.CN1CCCC1c1ccc(F)cc1. The van der Waals surface area contributed by atoms with Crippen molar-refractivity contribution in [2.24, 2.45) is 0 Å². The first kappa shape index (κ1) is 12.2. The normalized spacial score (nSPS) is 20.9. The van der Waals surface area contributed by atoms with Gasteiger partial charge in [-0.1, -0.05) is 26.0 Å². The van der Waals surface area contributed by atoms with Crippen molar-refractivity contribution in [3.63, 3.8) is 0 Å². The summed E-state index contributed by atoms with van der Waals surface area (Å²) < 4.78 is 12.7. The van der Waals surface area contributed by atoms with Gasteiger partial charge in [-0.05, 0) is 44.1 Å². The van der Waals surface area contributed by atoms with Crippen LogP contribution in [-0.2, 0) is 0 Å². The number of benzene rings is 1. The van der Waals surface area contributed by atoms with Crippen LogP contribution in [0.3, 0.4) is 0 Å². The van der Waals surface area contributed by atoms with Crippen LogP contribution in [0.15, 0.2) is 24.3 Å². The van der Waals surface area contributed by atoms with Gasteiger partial charge in [0.1, 0.15) is 5.82 Å². The molecule has 1 heterocycles. The standard InChI is InChI=1S/C11H14FN.C2H6/c1-13-8-2-3-11(13)9-4-6-10(12)7-5-9;1-2/h4-7,11H,2-3,8H2,1H3;1-2H3. The number of likely N-dealkylation sites (tertiary alicyclic amines) is 1. The van der Waals surface area contributed by atoms with Crippen LogP contribution in [0.1, 0.15) is 38.3 Å². The van der Waals surface area contributed by atoms with Crippen molar-refractivity contribution < 1.29 is 4.39 Å². The van der Waals surface area contributed by atoms with Crippen molar-refractivity contribution in [2.45, 2.75) is 32.7 Å². The lowest BCUT2D eigenvalue weighted by molar-refractivity contribution is 0.317. The van der Waals surface area contributed by atoms with E-state index >= 15 is 0 Å². The zero-order chi connectivity index (χ0) is 11.3. The number of hydrogen-bond donors (Lipinski definition) is 0. The van der Waals surface area contributed by atoms with Crippen molar-refractivity contribution in [1.82, 2.24) is 4.90 Å². The predicted octanol–water partition coefficient (Wildman–Crippen LogP) is 3.62. The molecule has 0 aromatic heterocycles. The van der Waals surface area contributed by atoms with Crippen LogP contribution in [-0.4, -0.2) is 18.5 Å². The molecule has 0 saturated carbocycles. The van der Waals surface area contributed by atoms with Crippen molar-refractivity contribution >= 4 is 0 Å². The number of nitrogens with zero attached hydrogens (tertiary/aromatic N) is 1. The molecule has 0 aliphatic carbocycles. The summed E-state index contributed by atoms with van der Waals surface area (Å²) >= 11 is 0. The minimum Gasteiger partial charge on any atom is -0.299 e. The Kier molecular flexibility index (Phi) is 4.76. The molecule has 1 aromatic carbocycles. The topological polar surface area (TPSA) is 3.24 Å². The van der Waals surface area contributed by atoms with E-state index in [0.29, 0.717) is 6.04 Å². The molecular formula is C13H20FN. The zero-order valence-corrected chi connectivity index (χ0v) is 9.83. The number of halogens is 1. The van der Waals surface area contributed by atoms with E-state index in [1.54, 1.807) is 12.1 Å². The molecule has 1 unspecified atom stereocenters. The fourth-order valence-electron chi connectivity index (χ4n) is 2.02. The molecule has 1 nitrogen and oxygen atoms in total. The van der Waals surface area contributed by atoms with E-state index in [4.69, 9.17) is 0 Å². The second-order valence-corrected chi connectivity index (χ2v) is 3.69. The highest BCUT2D eigenvalue weighted by molar-refractivity contribution is 5.20. The quantitative estimate of drug-likeness (QED) is 0.683. The van der Waals surface area contributed by atoms with Crippen LogP contribution in [0.4, 0.5) is 4.39 Å². The molecular weight excluding hydrogens is 189 g/mol. The lowest BCUT2D eigenvalue weighted by Crippen LogP contribution is -2.17. The van der Waals surface area contributed by atoms with Crippen molar-refractivity contribution in [3.8, 4) is 0 Å². The van der Waals surface area contributed by atoms with Crippen LogP contribution in [0.5, 0.6) is 0 Å². The Bertz CT molecular complexity index is 281. The van der Waals surface area contributed by atoms with Gasteiger partial charge in [-0.2, -0.15) is 0 Å². The fourth-order valence-corrected chi connectivity index (χ4v) is 2.02. The highest BCUT2D eigenvalue weighted by atomic mass is 19.1. The van der Waals surface area contributed by atoms with Gasteiger partial charge in [-0.25, -0.2) is 4.39 Å². The summed E-state index contributed by atoms with van der Waals surface area (Å²) in [6, 6.07) is 7.37. The highest BCUT2D eigenvalue weighted by Crippen LogP contribution is 2.29. The Morgan fingerprint density at radius 1 is 1.20 bits per heavy atom. The molecule has 2 rings (SSSR count). The first-order valence-electron chi connectivity index (χ1n) is 5.73. The summed E-state index contributed by atoms with van der Waals surface area (Å²) in [5, 5.41) is 0. The van der Waals surface area contributed by atoms with E-state index < -0.39 is 0 Å². The summed E-state index contributed by atoms with van der Waals surface area (Å²) in [7, 11) is 2.13. The molecule has 1 fully saturated rings. The number of rotatable bonds is 1. The van der Waals surface area contributed by atoms with Crippen LogP contribution in [0, 0.1) is 5.82 Å².